The zero-order chi connectivity index (χ0) is 58.0. The van der Waals surface area contributed by atoms with Crippen molar-refractivity contribution in [1.29, 1.82) is 0 Å². The van der Waals surface area contributed by atoms with Crippen molar-refractivity contribution >= 4 is 60.4 Å². The van der Waals surface area contributed by atoms with Crippen molar-refractivity contribution in [2.24, 2.45) is 0 Å². The summed E-state index contributed by atoms with van der Waals surface area (Å²) in [7, 11) is -4.22. The van der Waals surface area contributed by atoms with Crippen LogP contribution in [-0.4, -0.2) is 0 Å². The van der Waals surface area contributed by atoms with Crippen molar-refractivity contribution in [2.45, 2.75) is 108 Å². The minimum atomic E-state index is -2.11. The van der Waals surface area contributed by atoms with Crippen molar-refractivity contribution < 1.29 is 25.8 Å². The van der Waals surface area contributed by atoms with Gasteiger partial charge >= 0.3 is 16.5 Å². The van der Waals surface area contributed by atoms with Gasteiger partial charge in [-0.25, -0.2) is 0 Å². The Bertz CT molecular complexity index is 4220. The molecule has 418 valence electrons. The average molecular weight is 1140 g/mol. The fourth-order valence-corrected chi connectivity index (χ4v) is 16.7. The molecule has 0 radical (unpaired) electrons. The summed E-state index contributed by atoms with van der Waals surface area (Å²) in [5, 5.41) is 3.94. The molecule has 0 saturated carbocycles. The normalized spacial score (nSPS) is 14.3. The molecule has 15 rings (SSSR count). The number of fused-ring (bicyclic) bond motifs is 7. The molecule has 2 bridgehead atoms. The monoisotopic (exact) mass is 1140 g/mol. The molecule has 0 N–H and O–H groups in total. The van der Waals surface area contributed by atoms with Gasteiger partial charge in [-0.3, -0.25) is 0 Å². The first-order valence-electron chi connectivity index (χ1n) is 29.4. The smallest absolute Gasteiger partial charge is 0.390 e. The molecule has 0 unspecified atom stereocenters. The van der Waals surface area contributed by atoms with Crippen LogP contribution >= 0.6 is 16.5 Å². The quantitative estimate of drug-likeness (QED) is 0.151. The summed E-state index contributed by atoms with van der Waals surface area (Å²) in [6, 6.07) is 57.1. The first-order valence-corrected chi connectivity index (χ1v) is 31.6. The van der Waals surface area contributed by atoms with Gasteiger partial charge in [0.25, 0.3) is 0 Å². The van der Waals surface area contributed by atoms with Crippen LogP contribution in [0.1, 0.15) is 114 Å². The molecule has 0 fully saturated rings. The molecule has 3 aliphatic carbocycles. The molecule has 84 heavy (non-hydrogen) atoms. The molecule has 0 aliphatic heterocycles. The standard InChI is InChI=1S/C76H68O6P2/c1-41-33-57-58-34-42(2)38-62(68-47(7)21-14-22-48(68)8)74(58)80-83(79-73(57)61(37-41)67-45(5)19-13-20-46(67)6)77-65-29-17-27-54-53-31-32-56(71(54)65)72-55(53)28-18-30-66(72)78-84-81-75-59(35-43(3)39-63(75)69-49(9)23-15-24-50(69)10)60-36-44(4)40-64(76(60)82-84)70-51(11)25-16-26-52(70)12/h13-30,33-40,53,56H,31-32H2,1-12H3. The van der Waals surface area contributed by atoms with Crippen molar-refractivity contribution in [3.05, 3.63) is 247 Å². The molecule has 0 amide bonds. The maximum Gasteiger partial charge on any atom is 0.453 e. The second-order valence-corrected chi connectivity index (χ2v) is 26.0. The highest BCUT2D eigenvalue weighted by atomic mass is 31.1. The molecular weight excluding hydrogens is 1070 g/mol. The van der Waals surface area contributed by atoms with Crippen LogP contribution in [0.2, 0.25) is 0 Å². The van der Waals surface area contributed by atoms with E-state index in [1.807, 2.05) is 0 Å². The Kier molecular flexibility index (Phi) is 13.2. The highest BCUT2D eigenvalue weighted by Gasteiger charge is 2.42. The third kappa shape index (κ3) is 8.92. The number of hydrogen-bond donors (Lipinski definition) is 0. The lowest BCUT2D eigenvalue weighted by molar-refractivity contribution is 0.452. The van der Waals surface area contributed by atoms with E-state index in [0.29, 0.717) is 0 Å². The topological polar surface area (TPSA) is 71.0 Å². The molecule has 2 aromatic heterocycles. The summed E-state index contributed by atoms with van der Waals surface area (Å²) in [6.07, 6.45) is 1.90. The highest BCUT2D eigenvalue weighted by molar-refractivity contribution is 7.32. The summed E-state index contributed by atoms with van der Waals surface area (Å²) < 4.78 is 44.6. The maximum absolute atomic E-state index is 7.47. The predicted octanol–water partition coefficient (Wildman–Crippen LogP) is 23.3. The fraction of sp³-hybridized carbons (Fsp3) is 0.211. The SMILES string of the molecule is Cc1cc(-c2c(C)cccc2C)c2op(Oc3cccc4c3C3CCC4c4cccc(Op5oc6c(-c7c(C)cccc7C)cc(C)cc6c6cc(C)cc(-c7c(C)cccc7C)c6o5)c43)oc3c(-c4c(C)cccc4C)cc(C)cc3c2c1. The minimum absolute atomic E-state index is 0.0724. The summed E-state index contributed by atoms with van der Waals surface area (Å²) in [5.41, 5.74) is 30.5. The van der Waals surface area contributed by atoms with Gasteiger partial charge in [-0.2, -0.15) is 0 Å². The van der Waals surface area contributed by atoms with Crippen LogP contribution in [0.3, 0.4) is 0 Å². The van der Waals surface area contributed by atoms with Crippen molar-refractivity contribution in [3.63, 3.8) is 0 Å². The predicted molar refractivity (Wildman–Crippen MR) is 349 cm³/mol. The van der Waals surface area contributed by atoms with Gasteiger partial charge in [0.15, 0.2) is 22.3 Å². The third-order valence-electron chi connectivity index (χ3n) is 17.9. The molecule has 0 spiro atoms. The van der Waals surface area contributed by atoms with E-state index in [1.165, 1.54) is 55.6 Å². The van der Waals surface area contributed by atoms with Gasteiger partial charge in [0.05, 0.1) is 0 Å². The lowest BCUT2D eigenvalue weighted by Gasteiger charge is -2.41. The molecule has 3 aliphatic rings. The Balaban J connectivity index is 0.979. The molecule has 10 aromatic carbocycles. The molecule has 2 heterocycles. The summed E-state index contributed by atoms with van der Waals surface area (Å²) in [6.45, 7) is 26.2. The zero-order valence-electron chi connectivity index (χ0n) is 49.9. The number of aryl methyl sites for hydroxylation is 12. The van der Waals surface area contributed by atoms with Crippen LogP contribution in [0.4, 0.5) is 0 Å². The first kappa shape index (κ1) is 53.6. The van der Waals surface area contributed by atoms with E-state index in [0.717, 1.165) is 146 Å². The molecule has 6 nitrogen and oxygen atoms in total. The maximum atomic E-state index is 7.47. The van der Waals surface area contributed by atoms with E-state index in [1.54, 1.807) is 0 Å². The van der Waals surface area contributed by atoms with Crippen LogP contribution in [0.15, 0.2) is 175 Å². The van der Waals surface area contributed by atoms with Crippen molar-refractivity contribution in [2.75, 3.05) is 0 Å². The number of benzene rings is 10. The van der Waals surface area contributed by atoms with Crippen LogP contribution in [0.5, 0.6) is 11.5 Å². The summed E-state index contributed by atoms with van der Waals surface area (Å²) >= 11 is 0. The highest BCUT2D eigenvalue weighted by Crippen LogP contribution is 2.60. The molecule has 0 saturated heterocycles. The average Bonchev–Trinajstić information content (AvgIpc) is 1.24. The Labute approximate surface area is 494 Å². The molecule has 8 heteroatoms. The van der Waals surface area contributed by atoms with Crippen LogP contribution in [-0.2, 0) is 0 Å². The second kappa shape index (κ2) is 20.7. The zero-order valence-corrected chi connectivity index (χ0v) is 51.7. The Hall–Kier alpha value is -8.40. The summed E-state index contributed by atoms with van der Waals surface area (Å²) in [4.78, 5) is 0. The minimum Gasteiger partial charge on any atom is -0.390 e. The van der Waals surface area contributed by atoms with E-state index in [-0.39, 0.29) is 11.8 Å². The number of hydrogen-bond acceptors (Lipinski definition) is 6. The van der Waals surface area contributed by atoms with Crippen LogP contribution in [0.25, 0.3) is 88.4 Å². The van der Waals surface area contributed by atoms with Crippen LogP contribution < -0.4 is 9.05 Å². The van der Waals surface area contributed by atoms with E-state index in [2.05, 4.69) is 241 Å². The van der Waals surface area contributed by atoms with E-state index in [4.69, 9.17) is 25.8 Å². The lowest BCUT2D eigenvalue weighted by atomic mass is 9.63. The second-order valence-electron chi connectivity index (χ2n) is 24.0. The van der Waals surface area contributed by atoms with Gasteiger partial charge < -0.3 is 25.8 Å². The summed E-state index contributed by atoms with van der Waals surface area (Å²) in [5.74, 6) is 1.53. The molecule has 12 aromatic rings. The van der Waals surface area contributed by atoms with Crippen molar-refractivity contribution in [3.8, 4) is 56.0 Å². The van der Waals surface area contributed by atoms with Gasteiger partial charge in [-0.1, -0.05) is 97.1 Å². The Morgan fingerprint density at radius 2 is 0.560 bits per heavy atom. The van der Waals surface area contributed by atoms with Gasteiger partial charge in [0, 0.05) is 66.8 Å². The fourth-order valence-electron chi connectivity index (χ4n) is 14.4. The third-order valence-corrected chi connectivity index (χ3v) is 19.9. The number of rotatable bonds is 8. The Morgan fingerprint density at radius 3 is 0.833 bits per heavy atom. The van der Waals surface area contributed by atoms with E-state index >= 15 is 0 Å². The van der Waals surface area contributed by atoms with Crippen LogP contribution in [0, 0.1) is 83.1 Å². The van der Waals surface area contributed by atoms with E-state index < -0.39 is 16.5 Å². The first-order chi connectivity index (χ1) is 40.6. The van der Waals surface area contributed by atoms with Gasteiger partial charge in [0.2, 0.25) is 0 Å². The molecule has 0 atom stereocenters. The molecular formula is C76H68O6P2. The largest absolute Gasteiger partial charge is 0.453 e. The van der Waals surface area contributed by atoms with Gasteiger partial charge in [0.1, 0.15) is 11.5 Å². The van der Waals surface area contributed by atoms with Gasteiger partial charge in [-0.05, 0) is 257 Å². The van der Waals surface area contributed by atoms with E-state index in [9.17, 15) is 0 Å². The van der Waals surface area contributed by atoms with Gasteiger partial charge in [-0.15, -0.1) is 0 Å². The Morgan fingerprint density at radius 1 is 0.310 bits per heavy atom. The lowest BCUT2D eigenvalue weighted by Crippen LogP contribution is -2.25. The van der Waals surface area contributed by atoms with Crippen molar-refractivity contribution in [1.82, 2.24) is 0 Å².